The van der Waals surface area contributed by atoms with Crippen molar-refractivity contribution in [3.63, 3.8) is 0 Å². The molecule has 5 heteroatoms. The highest BCUT2D eigenvalue weighted by atomic mass is 16.3. The van der Waals surface area contributed by atoms with Gasteiger partial charge in [-0.05, 0) is 63.4 Å². The van der Waals surface area contributed by atoms with Crippen LogP contribution in [-0.4, -0.2) is 45.1 Å². The van der Waals surface area contributed by atoms with E-state index in [9.17, 15) is 9.90 Å². The minimum absolute atomic E-state index is 0.125. The summed E-state index contributed by atoms with van der Waals surface area (Å²) in [6, 6.07) is 12.3. The van der Waals surface area contributed by atoms with Gasteiger partial charge < -0.3 is 9.67 Å². The second-order valence-corrected chi connectivity index (χ2v) is 8.31. The predicted molar refractivity (Wildman–Crippen MR) is 101 cm³/mol. The lowest BCUT2D eigenvalue weighted by Crippen LogP contribution is -2.87. The molecule has 3 unspecified atom stereocenters. The van der Waals surface area contributed by atoms with Gasteiger partial charge in [0.1, 0.15) is 0 Å². The lowest BCUT2D eigenvalue weighted by atomic mass is 9.41. The first-order valence-electron chi connectivity index (χ1n) is 9.64. The van der Waals surface area contributed by atoms with E-state index in [-0.39, 0.29) is 17.3 Å². The van der Waals surface area contributed by atoms with Crippen molar-refractivity contribution in [2.45, 2.75) is 51.3 Å². The average Bonchev–Trinajstić information content (AvgIpc) is 2.92. The number of hydrogen-bond donors (Lipinski definition) is 1. The maximum atomic E-state index is 13.0. The zero-order valence-electron chi connectivity index (χ0n) is 15.6. The molecule has 0 amide bonds. The van der Waals surface area contributed by atoms with E-state index in [4.69, 9.17) is 5.26 Å². The predicted octanol–water partition coefficient (Wildman–Crippen LogP) is 2.75. The quantitative estimate of drug-likeness (QED) is 0.850. The van der Waals surface area contributed by atoms with Gasteiger partial charge >= 0.3 is 0 Å². The number of aliphatic hydroxyl groups excluding tert-OH is 1. The maximum absolute atomic E-state index is 13.0. The van der Waals surface area contributed by atoms with Crippen molar-refractivity contribution in [2.75, 3.05) is 6.54 Å². The van der Waals surface area contributed by atoms with Crippen molar-refractivity contribution < 1.29 is 9.90 Å². The molecule has 3 aliphatic rings. The highest BCUT2D eigenvalue weighted by Gasteiger charge is 2.74. The Bertz CT molecular complexity index is 976. The van der Waals surface area contributed by atoms with E-state index >= 15 is 0 Å². The van der Waals surface area contributed by atoms with Gasteiger partial charge in [-0.25, -0.2) is 0 Å². The number of piperidine rings is 2. The van der Waals surface area contributed by atoms with Crippen LogP contribution in [0.15, 0.2) is 30.3 Å². The molecule has 1 spiro atoms. The Morgan fingerprint density at radius 2 is 2.04 bits per heavy atom. The van der Waals surface area contributed by atoms with Crippen LogP contribution in [0.3, 0.4) is 0 Å². The fraction of sp³-hybridized carbons (Fsp3) is 0.455. The Morgan fingerprint density at radius 3 is 2.59 bits per heavy atom. The number of rotatable bonds is 4. The number of aryl methyl sites for hydroxylation is 1. The Hall–Kier alpha value is -2.42. The van der Waals surface area contributed by atoms with Crippen LogP contribution in [0.2, 0.25) is 0 Å². The lowest BCUT2D eigenvalue weighted by Gasteiger charge is -2.78. The molecule has 5 nitrogen and oxygen atoms in total. The van der Waals surface area contributed by atoms with Gasteiger partial charge in [-0.1, -0.05) is 0 Å². The number of aliphatic hydroxyl groups is 1. The molecule has 0 bridgehead atoms. The van der Waals surface area contributed by atoms with Crippen LogP contribution >= 0.6 is 0 Å². The molecule has 5 rings (SSSR count). The summed E-state index contributed by atoms with van der Waals surface area (Å²) in [7, 11) is 0. The average molecular weight is 361 g/mol. The van der Waals surface area contributed by atoms with Gasteiger partial charge in [0, 0.05) is 40.1 Å². The fourth-order valence-corrected chi connectivity index (χ4v) is 5.75. The normalized spacial score (nSPS) is 31.0. The Balaban J connectivity index is 1.38. The van der Waals surface area contributed by atoms with Crippen LogP contribution in [0.5, 0.6) is 0 Å². The van der Waals surface area contributed by atoms with Gasteiger partial charge in [0.15, 0.2) is 5.78 Å². The number of ketones is 1. The lowest BCUT2D eigenvalue weighted by molar-refractivity contribution is -0.316. The highest BCUT2D eigenvalue weighted by Crippen LogP contribution is 2.67. The summed E-state index contributed by atoms with van der Waals surface area (Å²) in [6.07, 6.45) is 2.87. The third-order valence-electron chi connectivity index (χ3n) is 7.27. The molecule has 1 saturated heterocycles. The van der Waals surface area contributed by atoms with E-state index in [0.717, 1.165) is 41.9 Å². The molecule has 2 aromatic rings. The monoisotopic (exact) mass is 361 g/mol. The number of aromatic nitrogens is 1. The maximum Gasteiger partial charge on any atom is 0.178 e. The largest absolute Gasteiger partial charge is 0.392 e. The SMILES string of the molecule is Cc1cc(C(=O)CN2C3CCC34C2C[C@H]4O)c(C)n1-c1ccc(C#N)cc1. The van der Waals surface area contributed by atoms with Gasteiger partial charge in [0.25, 0.3) is 0 Å². The van der Waals surface area contributed by atoms with Crippen LogP contribution in [0.25, 0.3) is 5.69 Å². The van der Waals surface area contributed by atoms with E-state index in [0.29, 0.717) is 24.2 Å². The van der Waals surface area contributed by atoms with Crippen molar-refractivity contribution in [3.8, 4) is 11.8 Å². The van der Waals surface area contributed by atoms with Gasteiger partial charge in [-0.3, -0.25) is 9.69 Å². The van der Waals surface area contributed by atoms with Crippen LogP contribution in [-0.2, 0) is 0 Å². The van der Waals surface area contributed by atoms with E-state index < -0.39 is 0 Å². The van der Waals surface area contributed by atoms with Crippen LogP contribution < -0.4 is 0 Å². The molecule has 1 aromatic heterocycles. The molecule has 1 aromatic carbocycles. The minimum atomic E-state index is -0.158. The topological polar surface area (TPSA) is 69.3 Å². The zero-order valence-corrected chi connectivity index (χ0v) is 15.6. The smallest absolute Gasteiger partial charge is 0.178 e. The first-order chi connectivity index (χ1) is 13.0. The number of likely N-dealkylation sites (tertiary alicyclic amines) is 1. The summed E-state index contributed by atoms with van der Waals surface area (Å²) >= 11 is 0. The first-order valence-corrected chi connectivity index (χ1v) is 9.64. The third-order valence-corrected chi connectivity index (χ3v) is 7.27. The standard InChI is InChI=1S/C22H23N3O2/c1-13-9-17(14(2)25(13)16-5-3-15(11-23)4-6-16)18(26)12-24-19-7-8-22(19)20(24)10-21(22)27/h3-6,9,19-21,27H,7-8,10,12H2,1-2H3/t19?,20?,21-,22?/m1/s1. The van der Waals surface area contributed by atoms with E-state index in [1.165, 1.54) is 0 Å². The molecule has 3 fully saturated rings. The van der Waals surface area contributed by atoms with Crippen LogP contribution in [0, 0.1) is 30.6 Å². The number of carbonyl (C=O) groups excluding carboxylic acids is 1. The highest BCUT2D eigenvalue weighted by molar-refractivity contribution is 5.99. The van der Waals surface area contributed by atoms with Crippen molar-refractivity contribution in [3.05, 3.63) is 52.8 Å². The molecule has 0 radical (unpaired) electrons. The number of benzene rings is 1. The van der Waals surface area contributed by atoms with Gasteiger partial charge in [-0.2, -0.15) is 5.26 Å². The molecule has 138 valence electrons. The molecule has 1 N–H and O–H groups in total. The van der Waals surface area contributed by atoms with Crippen molar-refractivity contribution in [2.24, 2.45) is 5.41 Å². The Labute approximate surface area is 158 Å². The number of Topliss-reactive ketones (excluding diaryl/α,β-unsaturated/α-hetero) is 1. The van der Waals surface area contributed by atoms with Gasteiger partial charge in [0.05, 0.1) is 24.3 Å². The summed E-state index contributed by atoms with van der Waals surface area (Å²) < 4.78 is 2.07. The van der Waals surface area contributed by atoms with Crippen molar-refractivity contribution in [1.82, 2.24) is 9.47 Å². The van der Waals surface area contributed by atoms with Crippen LogP contribution in [0.1, 0.15) is 46.6 Å². The molecule has 27 heavy (non-hydrogen) atoms. The summed E-state index contributed by atoms with van der Waals surface area (Å²) in [4.78, 5) is 15.3. The second-order valence-electron chi connectivity index (χ2n) is 8.31. The van der Waals surface area contributed by atoms with E-state index in [2.05, 4.69) is 15.5 Å². The number of nitrogens with zero attached hydrogens (tertiary/aromatic N) is 3. The molecular formula is C22H23N3O2. The zero-order chi connectivity index (χ0) is 18.9. The van der Waals surface area contributed by atoms with Gasteiger partial charge in [0.2, 0.25) is 0 Å². The second kappa shape index (κ2) is 5.54. The molecule has 2 heterocycles. The summed E-state index contributed by atoms with van der Waals surface area (Å²) in [5.41, 5.74) is 4.44. The summed E-state index contributed by atoms with van der Waals surface area (Å²) in [6.45, 7) is 4.43. The number of carbonyl (C=O) groups is 1. The van der Waals surface area contributed by atoms with Crippen LogP contribution in [0.4, 0.5) is 0 Å². The third kappa shape index (κ3) is 2.03. The number of nitriles is 1. The Morgan fingerprint density at radius 1 is 1.30 bits per heavy atom. The molecule has 4 atom stereocenters. The van der Waals surface area contributed by atoms with Crippen molar-refractivity contribution in [1.29, 1.82) is 5.26 Å². The molecule has 2 saturated carbocycles. The Kier molecular flexibility index (Phi) is 3.43. The van der Waals surface area contributed by atoms with Gasteiger partial charge in [-0.15, -0.1) is 0 Å². The van der Waals surface area contributed by atoms with E-state index in [1.807, 2.05) is 32.0 Å². The first kappa shape index (κ1) is 16.7. The molecular weight excluding hydrogens is 338 g/mol. The molecule has 2 aliphatic carbocycles. The molecule has 1 aliphatic heterocycles. The summed E-state index contributed by atoms with van der Waals surface area (Å²) in [5.74, 6) is 0.157. The minimum Gasteiger partial charge on any atom is -0.392 e. The fourth-order valence-electron chi connectivity index (χ4n) is 5.75. The van der Waals surface area contributed by atoms with Crippen molar-refractivity contribution >= 4 is 5.78 Å². The number of hydrogen-bond acceptors (Lipinski definition) is 4. The summed E-state index contributed by atoms with van der Waals surface area (Å²) in [5, 5.41) is 19.1. The van der Waals surface area contributed by atoms with E-state index in [1.54, 1.807) is 12.1 Å².